The summed E-state index contributed by atoms with van der Waals surface area (Å²) in [5, 5.41) is 49.9. The number of para-hydroxylation sites is 4. The Kier molecular flexibility index (Phi) is 27.3. The molecule has 1 aliphatic carbocycles. The predicted octanol–water partition coefficient (Wildman–Crippen LogP) is 13.9. The van der Waals surface area contributed by atoms with E-state index in [2.05, 4.69) is 77.4 Å². The van der Waals surface area contributed by atoms with Gasteiger partial charge in [-0.25, -0.2) is 25.4 Å². The van der Waals surface area contributed by atoms with Gasteiger partial charge in [-0.2, -0.15) is 40.8 Å². The van der Waals surface area contributed by atoms with Crippen LogP contribution in [0.5, 0.6) is 46.1 Å². The molecule has 3 saturated heterocycles. The molecule has 3 aliphatic heterocycles. The van der Waals surface area contributed by atoms with E-state index in [4.69, 9.17) is 62.3 Å². The molecule has 37 nitrogen and oxygen atoms in total. The highest BCUT2D eigenvalue weighted by atomic mass is 16.5. The molecule has 137 heavy (non-hydrogen) atoms. The predicted molar refractivity (Wildman–Crippen MR) is 521 cm³/mol. The van der Waals surface area contributed by atoms with Crippen molar-refractivity contribution in [3.8, 4) is 91.2 Å². The number of pyridine rings is 1. The van der Waals surface area contributed by atoms with Gasteiger partial charge in [0.15, 0.2) is 23.3 Å². The Morgan fingerprint density at radius 1 is 0.336 bits per heavy atom. The standard InChI is InChI=1S/C26H26N6O3.2C25H24N6O3.C24H23N7O3/c1-2-21(33)28-17-10-12-18(13-11-17)32-24-22(25(27)29-30-26(24)34)23(31-32)16-8-14-20(15-9-16)35-19-6-4-3-5-7-19;2*1-2-20(32)30-14-6-7-17(15-30)31-23-21(24(26)27-28-25(23)33)22(29-31)16-10-12-19(13-11-16)34-18-8-4-3-5-9-18;1-2-19(32)30-12-6-7-16(14-30)31-22-20(23(25)27-28-24(22)33)21(29-31)15-10-11-18(26-13-15)34-17-8-4-3-5-9-17/h2-9,14-15,17-18H,1,10-13H2,(H2,27,29)(H,28,33)(H,30,34);2*2-5,8-13,17H,1,6-7,14-15H2,(H2,26,27)(H,28,33);2-5,8-11,13,16H,1,6-7,12,14H2,(H2,25,27)(H,28,33)/t;2*17-;16-/m.111/s1. The zero-order chi connectivity index (χ0) is 95.3. The number of benzene rings is 7. The van der Waals surface area contributed by atoms with Crippen molar-refractivity contribution in [2.45, 2.75) is 94.4 Å². The molecular weight excluding hydrogens is 1740 g/mol. The summed E-state index contributed by atoms with van der Waals surface area (Å²) < 4.78 is 30.3. The van der Waals surface area contributed by atoms with Crippen LogP contribution in [0.3, 0.4) is 0 Å². The maximum atomic E-state index is 12.8. The minimum atomic E-state index is -0.396. The number of amides is 4. The third-order valence-electron chi connectivity index (χ3n) is 24.2. The maximum absolute atomic E-state index is 12.8. The van der Waals surface area contributed by atoms with Crippen LogP contribution in [0.25, 0.3) is 88.6 Å². The summed E-state index contributed by atoms with van der Waals surface area (Å²) in [4.78, 5) is 109. The molecule has 20 rings (SSSR count). The summed E-state index contributed by atoms with van der Waals surface area (Å²) in [6.45, 7) is 17.5. The van der Waals surface area contributed by atoms with Gasteiger partial charge in [0.25, 0.3) is 22.2 Å². The molecule has 37 heteroatoms. The Balaban J connectivity index is 0.000000127. The second-order valence-electron chi connectivity index (χ2n) is 33.0. The van der Waals surface area contributed by atoms with Crippen molar-refractivity contribution in [3.63, 3.8) is 0 Å². The molecule has 0 bridgehead atoms. The van der Waals surface area contributed by atoms with Crippen LogP contribution in [-0.4, -0.2) is 169 Å². The summed E-state index contributed by atoms with van der Waals surface area (Å²) in [7, 11) is 0. The highest BCUT2D eigenvalue weighted by Crippen LogP contribution is 2.42. The first kappa shape index (κ1) is 91.2. The summed E-state index contributed by atoms with van der Waals surface area (Å²) in [6, 6.07) is 63.4. The number of nitrogens with one attached hydrogen (secondary N) is 5. The fourth-order valence-corrected chi connectivity index (χ4v) is 17.6. The molecule has 0 radical (unpaired) electrons. The number of hydrogen-bond donors (Lipinski definition) is 9. The minimum Gasteiger partial charge on any atom is -0.457 e. The minimum absolute atomic E-state index is 0.00622. The van der Waals surface area contributed by atoms with E-state index >= 15 is 0 Å². The van der Waals surface area contributed by atoms with Crippen molar-refractivity contribution >= 4 is 90.5 Å². The van der Waals surface area contributed by atoms with Crippen molar-refractivity contribution in [3.05, 3.63) is 304 Å². The molecule has 0 unspecified atom stereocenters. The van der Waals surface area contributed by atoms with Crippen LogP contribution in [0.15, 0.2) is 282 Å². The first-order valence-corrected chi connectivity index (χ1v) is 44.6. The third kappa shape index (κ3) is 20.1. The largest absolute Gasteiger partial charge is 0.457 e. The van der Waals surface area contributed by atoms with Gasteiger partial charge in [-0.15, -0.1) is 0 Å². The van der Waals surface area contributed by atoms with Crippen molar-refractivity contribution in [1.82, 2.24) is 105 Å². The Hall–Kier alpha value is -17.7. The molecule has 16 aromatic rings. The number of aromatic amines is 4. The van der Waals surface area contributed by atoms with Crippen LogP contribution in [0.2, 0.25) is 0 Å². The average Bonchev–Trinajstić information content (AvgIpc) is 1.61. The van der Waals surface area contributed by atoms with E-state index in [1.807, 2.05) is 200 Å². The summed E-state index contributed by atoms with van der Waals surface area (Å²) in [5.74, 6) is 5.53. The van der Waals surface area contributed by atoms with Crippen LogP contribution in [-0.2, 0) is 19.2 Å². The van der Waals surface area contributed by atoms with Gasteiger partial charge in [0.05, 0.1) is 45.7 Å². The van der Waals surface area contributed by atoms with Gasteiger partial charge >= 0.3 is 0 Å². The third-order valence-corrected chi connectivity index (χ3v) is 24.2. The van der Waals surface area contributed by atoms with E-state index in [0.717, 1.165) is 98.1 Å². The zero-order valence-corrected chi connectivity index (χ0v) is 74.4. The molecule has 1 saturated carbocycles. The number of anilines is 4. The molecule has 7 aromatic carbocycles. The highest BCUT2D eigenvalue weighted by Gasteiger charge is 2.35. The number of piperidine rings is 3. The number of nitrogens with two attached hydrogens (primary N) is 4. The number of carbonyl (C=O) groups excluding carboxylic acids is 4. The molecule has 9 aromatic heterocycles. The number of carbonyl (C=O) groups is 4. The monoisotopic (exact) mass is 1840 g/mol. The van der Waals surface area contributed by atoms with Gasteiger partial charge in [-0.1, -0.05) is 99.1 Å². The molecule has 3 atom stereocenters. The fourth-order valence-electron chi connectivity index (χ4n) is 17.6. The topological polar surface area (TPSA) is 498 Å². The Morgan fingerprint density at radius 3 is 0.898 bits per heavy atom. The Morgan fingerprint density at radius 2 is 0.613 bits per heavy atom. The molecule has 694 valence electrons. The quantitative estimate of drug-likeness (QED) is 0.0302. The van der Waals surface area contributed by atoms with Gasteiger partial charge in [-0.05, 0) is 216 Å². The van der Waals surface area contributed by atoms with Crippen LogP contribution >= 0.6 is 0 Å². The summed E-state index contributed by atoms with van der Waals surface area (Å²) in [6.07, 6.45) is 14.6. The lowest BCUT2D eigenvalue weighted by Gasteiger charge is -2.32. The smallest absolute Gasteiger partial charge is 0.290 e. The summed E-state index contributed by atoms with van der Waals surface area (Å²) >= 11 is 0. The SMILES string of the molecule is C=CC(=O)N1CCC[C@@H](n2nc(-c3ccc(Oc4ccccc4)cc3)c3c(N)n[nH]c(=O)c32)C1.C=CC(=O)N1CCC[C@@H](n2nc(-c3ccc(Oc4ccccc4)cc3)c3c(N)n[nH]c(=O)c32)C1.C=CC(=O)N1CCC[C@@H](n2nc(-c3ccc(Oc4ccccc4)nc3)c3c(N)n[nH]c(=O)c32)C1.C=CC(=O)NC1CCC(n2nc(-c3ccc(Oc4ccccc4)cc3)c3c(N)n[nH]c(=O)c32)CC1. The van der Waals surface area contributed by atoms with Crippen molar-refractivity contribution in [1.29, 1.82) is 0 Å². The second kappa shape index (κ2) is 41.0. The van der Waals surface area contributed by atoms with Crippen molar-refractivity contribution in [2.24, 2.45) is 0 Å². The molecule has 4 aliphatic rings. The lowest BCUT2D eigenvalue weighted by molar-refractivity contribution is -0.128. The average molecular weight is 1840 g/mol. The zero-order valence-electron chi connectivity index (χ0n) is 74.4. The number of hydrogen-bond acceptors (Lipinski definition) is 25. The Bertz CT molecular complexity index is 6880. The number of nitrogen functional groups attached to an aromatic ring is 4. The van der Waals surface area contributed by atoms with E-state index in [1.165, 1.54) is 24.3 Å². The van der Waals surface area contributed by atoms with E-state index in [0.29, 0.717) is 140 Å². The number of rotatable bonds is 21. The number of H-pyrrole nitrogens is 4. The molecule has 0 spiro atoms. The van der Waals surface area contributed by atoms with Gasteiger partial charge in [-0.3, -0.25) is 57.1 Å². The Labute approximate surface area is 781 Å². The van der Waals surface area contributed by atoms with E-state index in [9.17, 15) is 38.4 Å². The number of fused-ring (bicyclic) bond motifs is 4. The molecule has 13 N–H and O–H groups in total. The van der Waals surface area contributed by atoms with Crippen LogP contribution in [0, 0.1) is 0 Å². The number of ether oxygens (including phenoxy) is 4. The normalized spacial score (nSPS) is 16.4. The van der Waals surface area contributed by atoms with Gasteiger partial charge in [0.1, 0.15) is 85.1 Å². The van der Waals surface area contributed by atoms with Crippen molar-refractivity contribution < 1.29 is 38.1 Å². The van der Waals surface area contributed by atoms with E-state index in [1.54, 1.807) is 45.7 Å². The summed E-state index contributed by atoms with van der Waals surface area (Å²) in [5.41, 5.74) is 30.0. The number of nitrogens with zero attached hydrogens (tertiary/aromatic N) is 16. The van der Waals surface area contributed by atoms with Gasteiger partial charge < -0.3 is 61.9 Å². The number of aromatic nitrogens is 17. The lowest BCUT2D eigenvalue weighted by Crippen LogP contribution is -2.40. The molecule has 12 heterocycles. The molecular formula is C100H97N25O12. The van der Waals surface area contributed by atoms with Crippen LogP contribution < -0.4 is 69.4 Å². The number of likely N-dealkylation sites (tertiary alicyclic amines) is 3. The van der Waals surface area contributed by atoms with Crippen LogP contribution in [0.1, 0.15) is 88.4 Å². The molecule has 4 amide bonds. The van der Waals surface area contributed by atoms with E-state index in [-0.39, 0.29) is 93.8 Å². The van der Waals surface area contributed by atoms with Gasteiger partial charge in [0.2, 0.25) is 29.5 Å². The van der Waals surface area contributed by atoms with Crippen LogP contribution in [0.4, 0.5) is 23.3 Å². The molecule has 4 fully saturated rings. The maximum Gasteiger partial charge on any atom is 0.290 e. The first-order chi connectivity index (χ1) is 66.7. The highest BCUT2D eigenvalue weighted by molar-refractivity contribution is 6.03. The lowest BCUT2D eigenvalue weighted by atomic mass is 9.91. The van der Waals surface area contributed by atoms with Gasteiger partial charge in [0, 0.05) is 79.8 Å². The fraction of sp³-hybridized carbons (Fsp3) is 0.210. The second-order valence-corrected chi connectivity index (χ2v) is 33.0. The van der Waals surface area contributed by atoms with Crippen molar-refractivity contribution in [2.75, 3.05) is 62.2 Å². The van der Waals surface area contributed by atoms with E-state index < -0.39 is 5.56 Å². The first-order valence-electron chi connectivity index (χ1n) is 44.6.